The van der Waals surface area contributed by atoms with E-state index in [2.05, 4.69) is 30.0 Å². The number of aromatic nitrogens is 4. The van der Waals surface area contributed by atoms with Crippen LogP contribution in [-0.4, -0.2) is 44.8 Å². The number of hydrogen-bond donors (Lipinski definition) is 1. The summed E-state index contributed by atoms with van der Waals surface area (Å²) >= 11 is 0. The van der Waals surface area contributed by atoms with Gasteiger partial charge in [-0.25, -0.2) is 4.98 Å². The van der Waals surface area contributed by atoms with Gasteiger partial charge < -0.3 is 14.8 Å². The quantitative estimate of drug-likeness (QED) is 0.912. The topological polar surface area (TPSA) is 75.9 Å². The van der Waals surface area contributed by atoms with Crippen molar-refractivity contribution in [3.63, 3.8) is 0 Å². The number of hydrogen-bond acceptors (Lipinski definition) is 5. The molecule has 0 radical (unpaired) electrons. The second-order valence-electron chi connectivity index (χ2n) is 6.99. The van der Waals surface area contributed by atoms with Gasteiger partial charge in [-0.1, -0.05) is 6.07 Å². The van der Waals surface area contributed by atoms with Crippen LogP contribution in [0.1, 0.15) is 30.9 Å². The van der Waals surface area contributed by atoms with Crippen LogP contribution < -0.4 is 10.2 Å². The molecule has 1 saturated heterocycles. The van der Waals surface area contributed by atoms with Gasteiger partial charge >= 0.3 is 0 Å². The van der Waals surface area contributed by atoms with Gasteiger partial charge in [-0.05, 0) is 38.3 Å². The number of amides is 1. The molecule has 2 aliphatic heterocycles. The minimum absolute atomic E-state index is 0.0270. The highest BCUT2D eigenvalue weighted by molar-refractivity contribution is 5.79. The molecule has 0 aromatic carbocycles. The van der Waals surface area contributed by atoms with E-state index >= 15 is 0 Å². The van der Waals surface area contributed by atoms with Gasteiger partial charge in [0.15, 0.2) is 0 Å². The predicted octanol–water partition coefficient (Wildman–Crippen LogP) is 1.33. The third-order valence-electron chi connectivity index (χ3n) is 5.24. The van der Waals surface area contributed by atoms with Crippen LogP contribution >= 0.6 is 0 Å². The summed E-state index contributed by atoms with van der Waals surface area (Å²) in [5, 5.41) is 11.6. The molecular weight excluding hydrogens is 316 g/mol. The average molecular weight is 340 g/mol. The number of nitrogens with zero attached hydrogens (tertiary/aromatic N) is 5. The molecule has 0 aliphatic carbocycles. The highest BCUT2D eigenvalue weighted by Crippen LogP contribution is 2.22. The Morgan fingerprint density at radius 1 is 1.24 bits per heavy atom. The lowest BCUT2D eigenvalue weighted by Gasteiger charge is -2.34. The van der Waals surface area contributed by atoms with Crippen LogP contribution in [0.25, 0.3) is 0 Å². The van der Waals surface area contributed by atoms with E-state index in [0.29, 0.717) is 0 Å². The second-order valence-corrected chi connectivity index (χ2v) is 6.99. The Morgan fingerprint density at radius 3 is 3.00 bits per heavy atom. The van der Waals surface area contributed by atoms with Crippen molar-refractivity contribution in [2.24, 2.45) is 5.92 Å². The molecule has 2 aromatic heterocycles. The van der Waals surface area contributed by atoms with Gasteiger partial charge in [-0.3, -0.25) is 4.79 Å². The largest absolute Gasteiger partial charge is 0.356 e. The van der Waals surface area contributed by atoms with Gasteiger partial charge in [0.2, 0.25) is 5.91 Å². The molecule has 132 valence electrons. The summed E-state index contributed by atoms with van der Waals surface area (Å²) in [7, 11) is 0. The lowest BCUT2D eigenvalue weighted by molar-refractivity contribution is -0.126. The van der Waals surface area contributed by atoms with E-state index in [1.54, 1.807) is 6.20 Å². The molecule has 0 bridgehead atoms. The molecule has 2 atom stereocenters. The number of anilines is 1. The molecule has 0 saturated carbocycles. The van der Waals surface area contributed by atoms with Gasteiger partial charge in [0, 0.05) is 38.3 Å². The summed E-state index contributed by atoms with van der Waals surface area (Å²) in [5.74, 6) is 3.11. The van der Waals surface area contributed by atoms with Crippen LogP contribution in [0.15, 0.2) is 24.4 Å². The first-order valence-electron chi connectivity index (χ1n) is 9.06. The lowest BCUT2D eigenvalue weighted by atomic mass is 9.96. The number of carbonyl (C=O) groups excluding carboxylic acids is 1. The standard InChI is InChI=1S/C18H24N6O/c1-13-21-22-17-8-7-15(12-24(13)17)20-18(25)14-5-4-10-23(11-14)16-6-2-3-9-19-16/h2-3,6,9,14-15H,4-5,7-8,10-12H2,1H3,(H,20,25)/t14-,15-/m1/s1. The monoisotopic (exact) mass is 340 g/mol. The smallest absolute Gasteiger partial charge is 0.225 e. The van der Waals surface area contributed by atoms with E-state index in [0.717, 1.165) is 62.8 Å². The minimum Gasteiger partial charge on any atom is -0.356 e. The van der Waals surface area contributed by atoms with Crippen molar-refractivity contribution in [1.82, 2.24) is 25.1 Å². The first-order valence-corrected chi connectivity index (χ1v) is 9.06. The Labute approximate surface area is 147 Å². The molecule has 1 fully saturated rings. The van der Waals surface area contributed by atoms with Gasteiger partial charge in [-0.15, -0.1) is 10.2 Å². The SMILES string of the molecule is Cc1nnc2n1C[C@H](NC(=O)[C@@H]1CCCN(c3ccccn3)C1)CC2. The highest BCUT2D eigenvalue weighted by Gasteiger charge is 2.29. The van der Waals surface area contributed by atoms with Gasteiger partial charge in [0.1, 0.15) is 17.5 Å². The number of pyridine rings is 1. The first kappa shape index (κ1) is 16.1. The fraction of sp³-hybridized carbons (Fsp3) is 0.556. The van der Waals surface area contributed by atoms with E-state index in [4.69, 9.17) is 0 Å². The summed E-state index contributed by atoms with van der Waals surface area (Å²) in [6, 6.07) is 6.09. The lowest BCUT2D eigenvalue weighted by Crippen LogP contribution is -2.48. The third-order valence-corrected chi connectivity index (χ3v) is 5.24. The van der Waals surface area contributed by atoms with Crippen LogP contribution in [0, 0.1) is 12.8 Å². The van der Waals surface area contributed by atoms with E-state index in [1.165, 1.54) is 0 Å². The van der Waals surface area contributed by atoms with Gasteiger partial charge in [0.25, 0.3) is 0 Å². The van der Waals surface area contributed by atoms with Crippen LogP contribution in [-0.2, 0) is 17.8 Å². The second kappa shape index (κ2) is 6.82. The zero-order chi connectivity index (χ0) is 17.2. The number of nitrogens with one attached hydrogen (secondary N) is 1. The molecule has 7 nitrogen and oxygen atoms in total. The molecule has 1 N–H and O–H groups in total. The molecule has 0 spiro atoms. The number of piperidine rings is 1. The zero-order valence-electron chi connectivity index (χ0n) is 14.6. The molecular formula is C18H24N6O. The molecule has 4 rings (SSSR count). The summed E-state index contributed by atoms with van der Waals surface area (Å²) in [6.45, 7) is 4.45. The average Bonchev–Trinajstić information content (AvgIpc) is 3.03. The summed E-state index contributed by atoms with van der Waals surface area (Å²) in [5.41, 5.74) is 0. The normalized spacial score (nSPS) is 23.2. The fourth-order valence-corrected chi connectivity index (χ4v) is 3.84. The van der Waals surface area contributed by atoms with Crippen LogP contribution in [0.4, 0.5) is 5.82 Å². The molecule has 0 unspecified atom stereocenters. The highest BCUT2D eigenvalue weighted by atomic mass is 16.2. The first-order chi connectivity index (χ1) is 12.2. The van der Waals surface area contributed by atoms with E-state index < -0.39 is 0 Å². The molecule has 1 amide bonds. The Kier molecular flexibility index (Phi) is 4.38. The number of fused-ring (bicyclic) bond motifs is 1. The number of carbonyl (C=O) groups is 1. The van der Waals surface area contributed by atoms with Gasteiger partial charge in [0.05, 0.1) is 5.92 Å². The maximum atomic E-state index is 12.8. The Bertz CT molecular complexity index is 743. The van der Waals surface area contributed by atoms with Crippen molar-refractivity contribution < 1.29 is 4.79 Å². The van der Waals surface area contributed by atoms with E-state index in [-0.39, 0.29) is 17.9 Å². The zero-order valence-corrected chi connectivity index (χ0v) is 14.6. The molecule has 7 heteroatoms. The van der Waals surface area contributed by atoms with Crippen molar-refractivity contribution in [2.45, 2.75) is 45.2 Å². The van der Waals surface area contributed by atoms with Crippen molar-refractivity contribution in [3.05, 3.63) is 36.0 Å². The fourth-order valence-electron chi connectivity index (χ4n) is 3.84. The summed E-state index contributed by atoms with van der Waals surface area (Å²) in [4.78, 5) is 19.4. The number of rotatable bonds is 3. The Balaban J connectivity index is 1.37. The Morgan fingerprint density at radius 2 is 2.16 bits per heavy atom. The number of aryl methyl sites for hydroxylation is 2. The summed E-state index contributed by atoms with van der Waals surface area (Å²) < 4.78 is 2.12. The maximum Gasteiger partial charge on any atom is 0.225 e. The van der Waals surface area contributed by atoms with Crippen LogP contribution in [0.5, 0.6) is 0 Å². The third kappa shape index (κ3) is 3.36. The van der Waals surface area contributed by atoms with E-state index in [1.807, 2.05) is 25.1 Å². The molecule has 2 aromatic rings. The van der Waals surface area contributed by atoms with Crippen molar-refractivity contribution >= 4 is 11.7 Å². The van der Waals surface area contributed by atoms with Crippen molar-refractivity contribution in [1.29, 1.82) is 0 Å². The van der Waals surface area contributed by atoms with Crippen molar-refractivity contribution in [2.75, 3.05) is 18.0 Å². The van der Waals surface area contributed by atoms with Gasteiger partial charge in [-0.2, -0.15) is 0 Å². The van der Waals surface area contributed by atoms with Crippen LogP contribution in [0.2, 0.25) is 0 Å². The minimum atomic E-state index is 0.0270. The molecule has 2 aliphatic rings. The maximum absolute atomic E-state index is 12.8. The molecule has 25 heavy (non-hydrogen) atoms. The Hall–Kier alpha value is -2.44. The predicted molar refractivity (Wildman–Crippen MR) is 94.2 cm³/mol. The van der Waals surface area contributed by atoms with Crippen molar-refractivity contribution in [3.8, 4) is 0 Å². The molecule has 4 heterocycles. The van der Waals surface area contributed by atoms with Crippen LogP contribution in [0.3, 0.4) is 0 Å². The van der Waals surface area contributed by atoms with E-state index in [9.17, 15) is 4.79 Å². The summed E-state index contributed by atoms with van der Waals surface area (Å²) in [6.07, 6.45) is 5.57.